The summed E-state index contributed by atoms with van der Waals surface area (Å²) in [7, 11) is 0. The molecule has 2 nitrogen and oxygen atoms in total. The molecule has 0 aliphatic heterocycles. The van der Waals surface area contributed by atoms with Crippen LogP contribution in [0.15, 0.2) is 36.4 Å². The quantitative estimate of drug-likeness (QED) is 0.792. The molecule has 0 N–H and O–H groups in total. The molecule has 0 amide bonds. The molecule has 0 fully saturated rings. The molecule has 0 aromatic heterocycles. The van der Waals surface area contributed by atoms with Crippen LogP contribution in [0.5, 0.6) is 5.75 Å². The van der Waals surface area contributed by atoms with Gasteiger partial charge in [0.2, 0.25) is 0 Å². The maximum Gasteiger partial charge on any atom is 0.196 e. The van der Waals surface area contributed by atoms with Gasteiger partial charge in [0.15, 0.2) is 17.4 Å². The molecule has 0 radical (unpaired) electrons. The fourth-order valence-corrected chi connectivity index (χ4v) is 1.85. The monoisotopic (exact) mass is 276 g/mol. The Morgan fingerprint density at radius 2 is 1.70 bits per heavy atom. The minimum absolute atomic E-state index is 0.172. The molecule has 0 saturated heterocycles. The second-order valence-electron chi connectivity index (χ2n) is 4.34. The van der Waals surface area contributed by atoms with E-state index in [1.807, 2.05) is 6.92 Å². The molecule has 2 rings (SSSR count). The molecule has 0 saturated carbocycles. The zero-order chi connectivity index (χ0) is 14.7. The number of ketones is 1. The summed E-state index contributed by atoms with van der Waals surface area (Å²) in [5, 5.41) is 0. The molecular weight excluding hydrogens is 262 g/mol. The van der Waals surface area contributed by atoms with Crippen LogP contribution < -0.4 is 4.74 Å². The fourth-order valence-electron chi connectivity index (χ4n) is 1.85. The molecule has 0 unspecified atom stereocenters. The average Bonchev–Trinajstić information content (AvgIpc) is 2.45. The average molecular weight is 276 g/mol. The molecule has 2 aromatic rings. The van der Waals surface area contributed by atoms with Crippen molar-refractivity contribution < 1.29 is 18.3 Å². The number of carbonyl (C=O) groups excluding carboxylic acids is 1. The van der Waals surface area contributed by atoms with E-state index >= 15 is 0 Å². The van der Waals surface area contributed by atoms with Crippen LogP contribution in [0, 0.1) is 18.6 Å². The molecule has 0 atom stereocenters. The molecular formula is C16H14F2O2. The first-order valence-corrected chi connectivity index (χ1v) is 6.26. The van der Waals surface area contributed by atoms with E-state index in [1.165, 1.54) is 31.2 Å². The van der Waals surface area contributed by atoms with Gasteiger partial charge in [-0.15, -0.1) is 0 Å². The Balaban J connectivity index is 2.34. The summed E-state index contributed by atoms with van der Waals surface area (Å²) < 4.78 is 32.5. The van der Waals surface area contributed by atoms with E-state index in [4.69, 9.17) is 4.74 Å². The van der Waals surface area contributed by atoms with E-state index in [0.717, 1.165) is 0 Å². The summed E-state index contributed by atoms with van der Waals surface area (Å²) in [6.07, 6.45) is 0. The van der Waals surface area contributed by atoms with Gasteiger partial charge in [-0.3, -0.25) is 4.79 Å². The number of benzene rings is 2. The molecule has 0 bridgehead atoms. The third kappa shape index (κ3) is 2.69. The fraction of sp³-hybridized carbons (Fsp3) is 0.188. The first-order valence-electron chi connectivity index (χ1n) is 6.26. The van der Waals surface area contributed by atoms with Crippen LogP contribution in [0.2, 0.25) is 0 Å². The van der Waals surface area contributed by atoms with E-state index < -0.39 is 17.4 Å². The SMILES string of the molecule is CCOc1ccc(C(=O)c2ccc(C)c(F)c2F)cc1. The van der Waals surface area contributed by atoms with E-state index in [0.29, 0.717) is 12.4 Å². The summed E-state index contributed by atoms with van der Waals surface area (Å²) in [5.74, 6) is -2.02. The second kappa shape index (κ2) is 5.82. The van der Waals surface area contributed by atoms with Crippen LogP contribution in [0.1, 0.15) is 28.4 Å². The first kappa shape index (κ1) is 14.2. The minimum Gasteiger partial charge on any atom is -0.494 e. The predicted molar refractivity (Wildman–Crippen MR) is 72.1 cm³/mol. The summed E-state index contributed by atoms with van der Waals surface area (Å²) in [5.41, 5.74) is 0.193. The normalized spacial score (nSPS) is 10.4. The highest BCUT2D eigenvalue weighted by molar-refractivity contribution is 6.09. The smallest absolute Gasteiger partial charge is 0.196 e. The summed E-state index contributed by atoms with van der Waals surface area (Å²) in [6, 6.07) is 9.00. The van der Waals surface area contributed by atoms with Crippen LogP contribution >= 0.6 is 0 Å². The Morgan fingerprint density at radius 3 is 2.30 bits per heavy atom. The second-order valence-corrected chi connectivity index (χ2v) is 4.34. The Hall–Kier alpha value is -2.23. The number of hydrogen-bond donors (Lipinski definition) is 0. The van der Waals surface area contributed by atoms with Crippen LogP contribution in [0.3, 0.4) is 0 Å². The van der Waals surface area contributed by atoms with Crippen LogP contribution in [0.4, 0.5) is 8.78 Å². The van der Waals surface area contributed by atoms with Crippen LogP contribution in [-0.2, 0) is 0 Å². The number of hydrogen-bond acceptors (Lipinski definition) is 2. The van der Waals surface area contributed by atoms with Gasteiger partial charge in [-0.1, -0.05) is 6.07 Å². The number of carbonyl (C=O) groups is 1. The standard InChI is InChI=1S/C16H14F2O2/c1-3-20-12-7-5-11(6-8-12)16(19)13-9-4-10(2)14(17)15(13)18/h4-9H,3H2,1-2H3. The number of halogens is 2. The molecule has 0 aliphatic carbocycles. The topological polar surface area (TPSA) is 26.3 Å². The maximum atomic E-state index is 13.8. The lowest BCUT2D eigenvalue weighted by atomic mass is 10.0. The Morgan fingerprint density at radius 1 is 1.05 bits per heavy atom. The Labute approximate surface area is 116 Å². The summed E-state index contributed by atoms with van der Waals surface area (Å²) in [6.45, 7) is 3.82. The lowest BCUT2D eigenvalue weighted by Gasteiger charge is -2.07. The van der Waals surface area contributed by atoms with Crippen molar-refractivity contribution in [2.45, 2.75) is 13.8 Å². The van der Waals surface area contributed by atoms with Gasteiger partial charge in [-0.05, 0) is 49.7 Å². The van der Waals surface area contributed by atoms with Gasteiger partial charge in [0, 0.05) is 5.56 Å². The molecule has 0 aliphatic rings. The summed E-state index contributed by atoms with van der Waals surface area (Å²) in [4.78, 5) is 12.2. The lowest BCUT2D eigenvalue weighted by Crippen LogP contribution is -2.07. The van der Waals surface area contributed by atoms with Crippen molar-refractivity contribution in [3.8, 4) is 5.75 Å². The van der Waals surface area contributed by atoms with Gasteiger partial charge in [-0.2, -0.15) is 0 Å². The zero-order valence-electron chi connectivity index (χ0n) is 11.2. The molecule has 20 heavy (non-hydrogen) atoms. The number of rotatable bonds is 4. The van der Waals surface area contributed by atoms with Crippen molar-refractivity contribution in [1.82, 2.24) is 0 Å². The highest BCUT2D eigenvalue weighted by Gasteiger charge is 2.18. The van der Waals surface area contributed by atoms with Crippen molar-refractivity contribution in [3.63, 3.8) is 0 Å². The molecule has 4 heteroatoms. The van der Waals surface area contributed by atoms with Crippen LogP contribution in [0.25, 0.3) is 0 Å². The van der Waals surface area contributed by atoms with E-state index in [9.17, 15) is 13.6 Å². The zero-order valence-corrected chi connectivity index (χ0v) is 11.2. The van der Waals surface area contributed by atoms with Crippen molar-refractivity contribution in [2.75, 3.05) is 6.61 Å². The van der Waals surface area contributed by atoms with Crippen LogP contribution in [-0.4, -0.2) is 12.4 Å². The third-order valence-corrected chi connectivity index (χ3v) is 2.95. The minimum atomic E-state index is -1.11. The molecule has 104 valence electrons. The predicted octanol–water partition coefficient (Wildman–Crippen LogP) is 3.90. The Bertz CT molecular complexity index is 634. The van der Waals surface area contributed by atoms with Crippen molar-refractivity contribution >= 4 is 5.78 Å². The van der Waals surface area contributed by atoms with Crippen molar-refractivity contribution in [1.29, 1.82) is 0 Å². The first-order chi connectivity index (χ1) is 9.54. The number of aryl methyl sites for hydroxylation is 1. The van der Waals surface area contributed by atoms with E-state index in [2.05, 4.69) is 0 Å². The molecule has 2 aromatic carbocycles. The van der Waals surface area contributed by atoms with Crippen molar-refractivity contribution in [3.05, 3.63) is 64.7 Å². The molecule has 0 heterocycles. The van der Waals surface area contributed by atoms with E-state index in [1.54, 1.807) is 12.1 Å². The van der Waals surface area contributed by atoms with Gasteiger partial charge < -0.3 is 4.74 Å². The van der Waals surface area contributed by atoms with Gasteiger partial charge >= 0.3 is 0 Å². The van der Waals surface area contributed by atoms with Gasteiger partial charge in [-0.25, -0.2) is 8.78 Å². The maximum absolute atomic E-state index is 13.8. The van der Waals surface area contributed by atoms with Gasteiger partial charge in [0.1, 0.15) is 5.75 Å². The number of ether oxygens (including phenoxy) is 1. The van der Waals surface area contributed by atoms with Crippen molar-refractivity contribution in [2.24, 2.45) is 0 Å². The lowest BCUT2D eigenvalue weighted by molar-refractivity contribution is 0.103. The largest absolute Gasteiger partial charge is 0.494 e. The third-order valence-electron chi connectivity index (χ3n) is 2.95. The summed E-state index contributed by atoms with van der Waals surface area (Å²) >= 11 is 0. The highest BCUT2D eigenvalue weighted by Crippen LogP contribution is 2.20. The highest BCUT2D eigenvalue weighted by atomic mass is 19.2. The Kier molecular flexibility index (Phi) is 4.13. The molecule has 0 spiro atoms. The van der Waals surface area contributed by atoms with Gasteiger partial charge in [0.25, 0.3) is 0 Å². The van der Waals surface area contributed by atoms with E-state index in [-0.39, 0.29) is 16.7 Å². The van der Waals surface area contributed by atoms with Gasteiger partial charge in [0.05, 0.1) is 12.2 Å².